The van der Waals surface area contributed by atoms with Crippen LogP contribution >= 0.6 is 0 Å². The summed E-state index contributed by atoms with van der Waals surface area (Å²) >= 11 is 0. The summed E-state index contributed by atoms with van der Waals surface area (Å²) in [6.45, 7) is 2.18. The molecular weight excluding hydrogens is 256 g/mol. The van der Waals surface area contributed by atoms with Gasteiger partial charge in [0.1, 0.15) is 18.1 Å². The molecule has 0 aliphatic heterocycles. The van der Waals surface area contributed by atoms with Gasteiger partial charge in [-0.3, -0.25) is 4.98 Å². The standard InChI is InChI=1S/C15H14N2O3/c1-10-5-13(17-20-10)9-19-15-7-12-8-16-4-3-11(12)6-14(15)18-2/h3-8H,9H2,1-2H3. The molecule has 0 saturated heterocycles. The second-order valence-corrected chi connectivity index (χ2v) is 4.44. The average molecular weight is 270 g/mol. The summed E-state index contributed by atoms with van der Waals surface area (Å²) in [5.41, 5.74) is 0.746. The highest BCUT2D eigenvalue weighted by Crippen LogP contribution is 2.32. The molecule has 3 rings (SSSR count). The molecule has 0 fully saturated rings. The summed E-state index contributed by atoms with van der Waals surface area (Å²) in [6.07, 6.45) is 3.54. The van der Waals surface area contributed by atoms with Gasteiger partial charge in [0, 0.05) is 23.8 Å². The monoisotopic (exact) mass is 270 g/mol. The van der Waals surface area contributed by atoms with Crippen LogP contribution < -0.4 is 9.47 Å². The molecule has 3 aromatic rings. The van der Waals surface area contributed by atoms with E-state index >= 15 is 0 Å². The summed E-state index contributed by atoms with van der Waals surface area (Å²) in [5.74, 6) is 2.11. The van der Waals surface area contributed by atoms with Crippen LogP contribution in [0, 0.1) is 6.92 Å². The molecule has 5 nitrogen and oxygen atoms in total. The van der Waals surface area contributed by atoms with E-state index in [1.807, 2.05) is 31.2 Å². The summed E-state index contributed by atoms with van der Waals surface area (Å²) in [6, 6.07) is 7.62. The molecule has 0 radical (unpaired) electrons. The van der Waals surface area contributed by atoms with Gasteiger partial charge in [-0.05, 0) is 30.5 Å². The Bertz CT molecular complexity index is 737. The van der Waals surface area contributed by atoms with Crippen molar-refractivity contribution in [1.82, 2.24) is 10.1 Å². The van der Waals surface area contributed by atoms with Crippen molar-refractivity contribution in [3.8, 4) is 11.5 Å². The number of ether oxygens (including phenoxy) is 2. The highest BCUT2D eigenvalue weighted by atomic mass is 16.5. The van der Waals surface area contributed by atoms with Crippen molar-refractivity contribution >= 4 is 10.8 Å². The summed E-state index contributed by atoms with van der Waals surface area (Å²) in [7, 11) is 1.62. The fourth-order valence-corrected chi connectivity index (χ4v) is 2.00. The second kappa shape index (κ2) is 5.21. The zero-order chi connectivity index (χ0) is 13.9. The minimum absolute atomic E-state index is 0.333. The molecule has 0 N–H and O–H groups in total. The molecular formula is C15H14N2O3. The predicted molar refractivity (Wildman–Crippen MR) is 73.9 cm³/mol. The first kappa shape index (κ1) is 12.5. The van der Waals surface area contributed by atoms with Crippen molar-refractivity contribution in [3.63, 3.8) is 0 Å². The largest absolute Gasteiger partial charge is 0.493 e. The van der Waals surface area contributed by atoms with Gasteiger partial charge < -0.3 is 14.0 Å². The predicted octanol–water partition coefficient (Wildman–Crippen LogP) is 3.12. The Kier molecular flexibility index (Phi) is 3.25. The lowest BCUT2D eigenvalue weighted by molar-refractivity contribution is 0.272. The van der Waals surface area contributed by atoms with E-state index in [4.69, 9.17) is 14.0 Å². The van der Waals surface area contributed by atoms with Crippen LogP contribution in [0.5, 0.6) is 11.5 Å². The van der Waals surface area contributed by atoms with E-state index in [1.54, 1.807) is 19.5 Å². The van der Waals surface area contributed by atoms with Crippen LogP contribution in [0.25, 0.3) is 10.8 Å². The van der Waals surface area contributed by atoms with Crippen LogP contribution in [-0.4, -0.2) is 17.3 Å². The number of benzene rings is 1. The summed E-state index contributed by atoms with van der Waals surface area (Å²) in [5, 5.41) is 5.95. The first-order valence-corrected chi connectivity index (χ1v) is 6.23. The first-order valence-electron chi connectivity index (χ1n) is 6.23. The van der Waals surface area contributed by atoms with Gasteiger partial charge in [0.05, 0.1) is 7.11 Å². The maximum absolute atomic E-state index is 5.76. The Labute approximate surface area is 116 Å². The molecule has 2 heterocycles. The van der Waals surface area contributed by atoms with E-state index < -0.39 is 0 Å². The number of rotatable bonds is 4. The van der Waals surface area contributed by atoms with E-state index in [9.17, 15) is 0 Å². The van der Waals surface area contributed by atoms with Gasteiger partial charge in [-0.2, -0.15) is 0 Å². The fraction of sp³-hybridized carbons (Fsp3) is 0.200. The molecule has 102 valence electrons. The Morgan fingerprint density at radius 1 is 1.15 bits per heavy atom. The number of hydrogen-bond donors (Lipinski definition) is 0. The molecule has 0 spiro atoms. The third-order valence-corrected chi connectivity index (χ3v) is 2.98. The lowest BCUT2D eigenvalue weighted by atomic mass is 10.1. The number of fused-ring (bicyclic) bond motifs is 1. The molecule has 0 saturated carbocycles. The second-order valence-electron chi connectivity index (χ2n) is 4.44. The van der Waals surface area contributed by atoms with Crippen molar-refractivity contribution in [2.45, 2.75) is 13.5 Å². The van der Waals surface area contributed by atoms with Gasteiger partial charge in [0.25, 0.3) is 0 Å². The van der Waals surface area contributed by atoms with E-state index in [0.717, 1.165) is 22.2 Å². The molecule has 1 aromatic carbocycles. The molecule has 20 heavy (non-hydrogen) atoms. The molecule has 0 bridgehead atoms. The number of nitrogens with zero attached hydrogens (tertiary/aromatic N) is 2. The summed E-state index contributed by atoms with van der Waals surface area (Å²) < 4.78 is 16.1. The van der Waals surface area contributed by atoms with Gasteiger partial charge in [0.2, 0.25) is 0 Å². The molecule has 0 amide bonds. The third kappa shape index (κ3) is 2.42. The smallest absolute Gasteiger partial charge is 0.162 e. The van der Waals surface area contributed by atoms with E-state index in [1.165, 1.54) is 0 Å². The maximum Gasteiger partial charge on any atom is 0.162 e. The van der Waals surface area contributed by atoms with Gasteiger partial charge >= 0.3 is 0 Å². The first-order chi connectivity index (χ1) is 9.76. The Morgan fingerprint density at radius 3 is 2.75 bits per heavy atom. The normalized spacial score (nSPS) is 10.7. The number of pyridine rings is 1. The minimum atomic E-state index is 0.333. The Hall–Kier alpha value is -2.56. The Morgan fingerprint density at radius 2 is 2.00 bits per heavy atom. The fourth-order valence-electron chi connectivity index (χ4n) is 2.00. The zero-order valence-electron chi connectivity index (χ0n) is 11.3. The topological polar surface area (TPSA) is 57.4 Å². The van der Waals surface area contributed by atoms with Crippen molar-refractivity contribution in [3.05, 3.63) is 48.1 Å². The molecule has 2 aromatic heterocycles. The average Bonchev–Trinajstić information content (AvgIpc) is 2.89. The van der Waals surface area contributed by atoms with Crippen molar-refractivity contribution in [1.29, 1.82) is 0 Å². The molecule has 5 heteroatoms. The highest BCUT2D eigenvalue weighted by molar-refractivity contribution is 5.85. The highest BCUT2D eigenvalue weighted by Gasteiger charge is 2.08. The van der Waals surface area contributed by atoms with Crippen LogP contribution in [-0.2, 0) is 6.61 Å². The number of aryl methyl sites for hydroxylation is 1. The van der Waals surface area contributed by atoms with Gasteiger partial charge in [-0.1, -0.05) is 5.16 Å². The molecule has 0 atom stereocenters. The van der Waals surface area contributed by atoms with Crippen LogP contribution in [0.3, 0.4) is 0 Å². The lowest BCUT2D eigenvalue weighted by Gasteiger charge is -2.10. The van der Waals surface area contributed by atoms with Crippen LogP contribution in [0.4, 0.5) is 0 Å². The van der Waals surface area contributed by atoms with E-state index in [2.05, 4.69) is 10.1 Å². The number of aromatic nitrogens is 2. The minimum Gasteiger partial charge on any atom is -0.493 e. The van der Waals surface area contributed by atoms with E-state index in [-0.39, 0.29) is 0 Å². The molecule has 0 unspecified atom stereocenters. The maximum atomic E-state index is 5.76. The summed E-state index contributed by atoms with van der Waals surface area (Å²) in [4.78, 5) is 4.11. The van der Waals surface area contributed by atoms with Gasteiger partial charge in [-0.15, -0.1) is 0 Å². The molecule has 0 aliphatic rings. The quantitative estimate of drug-likeness (QED) is 0.729. The SMILES string of the molecule is COc1cc2ccncc2cc1OCc1cc(C)on1. The van der Waals surface area contributed by atoms with Gasteiger partial charge in [0.15, 0.2) is 11.5 Å². The van der Waals surface area contributed by atoms with Crippen LogP contribution in [0.1, 0.15) is 11.5 Å². The zero-order valence-corrected chi connectivity index (χ0v) is 11.3. The van der Waals surface area contributed by atoms with Crippen LogP contribution in [0.15, 0.2) is 41.2 Å². The lowest BCUT2D eigenvalue weighted by Crippen LogP contribution is -1.98. The number of hydrogen-bond acceptors (Lipinski definition) is 5. The van der Waals surface area contributed by atoms with Crippen molar-refractivity contribution in [2.75, 3.05) is 7.11 Å². The van der Waals surface area contributed by atoms with Crippen molar-refractivity contribution < 1.29 is 14.0 Å². The van der Waals surface area contributed by atoms with Gasteiger partial charge in [-0.25, -0.2) is 0 Å². The Balaban J connectivity index is 1.89. The third-order valence-electron chi connectivity index (χ3n) is 2.98. The number of methoxy groups -OCH3 is 1. The molecule has 0 aliphatic carbocycles. The van der Waals surface area contributed by atoms with Crippen LogP contribution in [0.2, 0.25) is 0 Å². The van der Waals surface area contributed by atoms with Crippen molar-refractivity contribution in [2.24, 2.45) is 0 Å². The van der Waals surface area contributed by atoms with E-state index in [0.29, 0.717) is 18.1 Å².